The maximum atomic E-state index is 11.9. The van der Waals surface area contributed by atoms with Gasteiger partial charge >= 0.3 is 0 Å². The SMILES string of the molecule is CCCc1ccc(NCC(=O)Nc2ccccc2Br)cc1. The number of carbonyl (C=O) groups excluding carboxylic acids is 1. The Morgan fingerprint density at radius 1 is 1.10 bits per heavy atom. The number of para-hydroxylation sites is 1. The van der Waals surface area contributed by atoms with Gasteiger partial charge in [-0.1, -0.05) is 37.6 Å². The predicted molar refractivity (Wildman–Crippen MR) is 91.7 cm³/mol. The van der Waals surface area contributed by atoms with Crippen LogP contribution in [0.4, 0.5) is 11.4 Å². The molecule has 2 aromatic rings. The minimum atomic E-state index is -0.0699. The number of anilines is 2. The summed E-state index contributed by atoms with van der Waals surface area (Å²) in [6, 6.07) is 15.8. The zero-order valence-electron chi connectivity index (χ0n) is 12.0. The molecule has 0 atom stereocenters. The van der Waals surface area contributed by atoms with Crippen LogP contribution in [-0.2, 0) is 11.2 Å². The lowest BCUT2D eigenvalue weighted by atomic mass is 10.1. The molecule has 0 fully saturated rings. The van der Waals surface area contributed by atoms with Crippen LogP contribution in [0, 0.1) is 0 Å². The highest BCUT2D eigenvalue weighted by atomic mass is 79.9. The average Bonchev–Trinajstić information content (AvgIpc) is 2.49. The Balaban J connectivity index is 1.85. The first kappa shape index (κ1) is 15.6. The molecular weight excluding hydrogens is 328 g/mol. The normalized spacial score (nSPS) is 10.2. The summed E-state index contributed by atoms with van der Waals surface area (Å²) in [7, 11) is 0. The number of hydrogen-bond acceptors (Lipinski definition) is 2. The molecule has 0 aliphatic carbocycles. The monoisotopic (exact) mass is 346 g/mol. The van der Waals surface area contributed by atoms with E-state index in [0.29, 0.717) is 0 Å². The Bertz CT molecular complexity index is 596. The summed E-state index contributed by atoms with van der Waals surface area (Å²) in [5, 5.41) is 5.99. The van der Waals surface area contributed by atoms with Crippen LogP contribution in [0.3, 0.4) is 0 Å². The summed E-state index contributed by atoms with van der Waals surface area (Å²) < 4.78 is 0.877. The highest BCUT2D eigenvalue weighted by Gasteiger charge is 2.04. The molecule has 0 aromatic heterocycles. The third-order valence-electron chi connectivity index (χ3n) is 3.09. The maximum Gasteiger partial charge on any atom is 0.243 e. The summed E-state index contributed by atoms with van der Waals surface area (Å²) in [5.74, 6) is -0.0699. The second-order valence-electron chi connectivity index (χ2n) is 4.83. The van der Waals surface area contributed by atoms with E-state index in [1.807, 2.05) is 36.4 Å². The molecule has 0 heterocycles. The first-order valence-electron chi connectivity index (χ1n) is 7.06. The molecule has 0 saturated heterocycles. The molecule has 2 N–H and O–H groups in total. The number of halogens is 1. The van der Waals surface area contributed by atoms with Crippen LogP contribution in [-0.4, -0.2) is 12.5 Å². The van der Waals surface area contributed by atoms with Gasteiger partial charge in [-0.15, -0.1) is 0 Å². The van der Waals surface area contributed by atoms with Crippen LogP contribution in [0.1, 0.15) is 18.9 Å². The van der Waals surface area contributed by atoms with Gasteiger partial charge in [-0.25, -0.2) is 0 Å². The number of aryl methyl sites for hydroxylation is 1. The zero-order valence-corrected chi connectivity index (χ0v) is 13.6. The Hall–Kier alpha value is -1.81. The van der Waals surface area contributed by atoms with E-state index in [1.165, 1.54) is 5.56 Å². The number of rotatable bonds is 6. The molecule has 0 bridgehead atoms. The van der Waals surface area contributed by atoms with E-state index in [9.17, 15) is 4.79 Å². The van der Waals surface area contributed by atoms with Gasteiger partial charge in [-0.3, -0.25) is 4.79 Å². The largest absolute Gasteiger partial charge is 0.376 e. The summed E-state index contributed by atoms with van der Waals surface area (Å²) in [6.45, 7) is 2.41. The molecular formula is C17H19BrN2O. The van der Waals surface area contributed by atoms with Gasteiger partial charge in [0, 0.05) is 10.2 Å². The molecule has 110 valence electrons. The second-order valence-corrected chi connectivity index (χ2v) is 5.68. The third kappa shape index (κ3) is 4.90. The van der Waals surface area contributed by atoms with Gasteiger partial charge in [0.05, 0.1) is 12.2 Å². The molecule has 0 aliphatic heterocycles. The minimum absolute atomic E-state index is 0.0699. The van der Waals surface area contributed by atoms with Crippen LogP contribution < -0.4 is 10.6 Å². The van der Waals surface area contributed by atoms with E-state index in [0.717, 1.165) is 28.7 Å². The highest BCUT2D eigenvalue weighted by Crippen LogP contribution is 2.21. The average molecular weight is 347 g/mol. The van der Waals surface area contributed by atoms with E-state index in [1.54, 1.807) is 0 Å². The third-order valence-corrected chi connectivity index (χ3v) is 3.79. The summed E-state index contributed by atoms with van der Waals surface area (Å²) in [4.78, 5) is 11.9. The van der Waals surface area contributed by atoms with E-state index >= 15 is 0 Å². The van der Waals surface area contributed by atoms with Crippen LogP contribution in [0.2, 0.25) is 0 Å². The van der Waals surface area contributed by atoms with Crippen molar-refractivity contribution in [3.63, 3.8) is 0 Å². The zero-order chi connectivity index (χ0) is 15.1. The standard InChI is InChI=1S/C17H19BrN2O/c1-2-5-13-8-10-14(11-9-13)19-12-17(21)20-16-7-4-3-6-15(16)18/h3-4,6-11,19H,2,5,12H2,1H3,(H,20,21). The number of benzene rings is 2. The number of carbonyl (C=O) groups is 1. The van der Waals surface area contributed by atoms with Crippen LogP contribution >= 0.6 is 15.9 Å². The lowest BCUT2D eigenvalue weighted by Crippen LogP contribution is -2.21. The maximum absolute atomic E-state index is 11.9. The van der Waals surface area contributed by atoms with Gasteiger partial charge < -0.3 is 10.6 Å². The van der Waals surface area contributed by atoms with E-state index < -0.39 is 0 Å². The second kappa shape index (κ2) is 7.84. The number of nitrogens with one attached hydrogen (secondary N) is 2. The van der Waals surface area contributed by atoms with Gasteiger partial charge in [0.25, 0.3) is 0 Å². The van der Waals surface area contributed by atoms with Gasteiger partial charge in [-0.2, -0.15) is 0 Å². The van der Waals surface area contributed by atoms with Crippen LogP contribution in [0.15, 0.2) is 53.0 Å². The molecule has 3 nitrogen and oxygen atoms in total. The summed E-state index contributed by atoms with van der Waals surface area (Å²) >= 11 is 3.41. The number of hydrogen-bond donors (Lipinski definition) is 2. The van der Waals surface area contributed by atoms with Crippen molar-refractivity contribution in [2.24, 2.45) is 0 Å². The van der Waals surface area contributed by atoms with Gasteiger partial charge in [0.15, 0.2) is 0 Å². The molecule has 2 rings (SSSR count). The van der Waals surface area contributed by atoms with Crippen molar-refractivity contribution < 1.29 is 4.79 Å². The Morgan fingerprint density at radius 2 is 1.81 bits per heavy atom. The molecule has 0 unspecified atom stereocenters. The Morgan fingerprint density at radius 3 is 2.48 bits per heavy atom. The van der Waals surface area contributed by atoms with Crippen molar-refractivity contribution in [2.45, 2.75) is 19.8 Å². The molecule has 21 heavy (non-hydrogen) atoms. The topological polar surface area (TPSA) is 41.1 Å². The summed E-state index contributed by atoms with van der Waals surface area (Å²) in [5.41, 5.74) is 3.06. The van der Waals surface area contributed by atoms with Crippen molar-refractivity contribution in [2.75, 3.05) is 17.2 Å². The molecule has 0 spiro atoms. The molecule has 2 aromatic carbocycles. The van der Waals surface area contributed by atoms with Crippen LogP contribution in [0.25, 0.3) is 0 Å². The fourth-order valence-electron chi connectivity index (χ4n) is 2.02. The van der Waals surface area contributed by atoms with Gasteiger partial charge in [0.1, 0.15) is 0 Å². The number of amides is 1. The van der Waals surface area contributed by atoms with Crippen molar-refractivity contribution in [3.05, 3.63) is 58.6 Å². The Labute approximate surface area is 133 Å². The molecule has 0 saturated carbocycles. The first-order valence-corrected chi connectivity index (χ1v) is 7.85. The molecule has 1 amide bonds. The van der Waals surface area contributed by atoms with Crippen LogP contribution in [0.5, 0.6) is 0 Å². The van der Waals surface area contributed by atoms with E-state index in [-0.39, 0.29) is 12.5 Å². The van der Waals surface area contributed by atoms with Crippen molar-refractivity contribution in [1.29, 1.82) is 0 Å². The summed E-state index contributed by atoms with van der Waals surface area (Å²) in [6.07, 6.45) is 2.23. The minimum Gasteiger partial charge on any atom is -0.376 e. The van der Waals surface area contributed by atoms with Gasteiger partial charge in [-0.05, 0) is 52.2 Å². The highest BCUT2D eigenvalue weighted by molar-refractivity contribution is 9.10. The van der Waals surface area contributed by atoms with Crippen molar-refractivity contribution in [1.82, 2.24) is 0 Å². The quantitative estimate of drug-likeness (QED) is 0.810. The van der Waals surface area contributed by atoms with Crippen molar-refractivity contribution >= 4 is 33.2 Å². The first-order chi connectivity index (χ1) is 10.2. The molecule has 4 heteroatoms. The lowest BCUT2D eigenvalue weighted by molar-refractivity contribution is -0.114. The predicted octanol–water partition coefficient (Wildman–Crippen LogP) is 4.45. The van der Waals surface area contributed by atoms with E-state index in [4.69, 9.17) is 0 Å². The fourth-order valence-corrected chi connectivity index (χ4v) is 2.40. The molecule has 0 aliphatic rings. The van der Waals surface area contributed by atoms with Crippen molar-refractivity contribution in [3.8, 4) is 0 Å². The fraction of sp³-hybridized carbons (Fsp3) is 0.235. The lowest BCUT2D eigenvalue weighted by Gasteiger charge is -2.09. The molecule has 0 radical (unpaired) electrons. The smallest absolute Gasteiger partial charge is 0.243 e. The van der Waals surface area contributed by atoms with Gasteiger partial charge in [0.2, 0.25) is 5.91 Å². The Kier molecular flexibility index (Phi) is 5.81. The van der Waals surface area contributed by atoms with E-state index in [2.05, 4.69) is 45.6 Å².